The number of aliphatic imine (C=N–C) groups is 1. The third kappa shape index (κ3) is 3.07. The maximum Gasteiger partial charge on any atom is 0.267 e. The van der Waals surface area contributed by atoms with Gasteiger partial charge in [0.2, 0.25) is 0 Å². The first-order valence-electron chi connectivity index (χ1n) is 8.69. The van der Waals surface area contributed by atoms with Crippen molar-refractivity contribution in [2.24, 2.45) is 4.99 Å². The summed E-state index contributed by atoms with van der Waals surface area (Å²) in [5.41, 5.74) is 2.28. The summed E-state index contributed by atoms with van der Waals surface area (Å²) in [6.07, 6.45) is 7.71. The second-order valence-electron chi connectivity index (χ2n) is 6.37. The highest BCUT2D eigenvalue weighted by atomic mass is 19.3. The second-order valence-corrected chi connectivity index (χ2v) is 6.37. The number of rotatable bonds is 5. The van der Waals surface area contributed by atoms with Crippen LogP contribution in [0.5, 0.6) is 5.75 Å². The van der Waals surface area contributed by atoms with Crippen molar-refractivity contribution in [2.45, 2.75) is 12.0 Å². The molecule has 0 radical (unpaired) electrons. The highest BCUT2D eigenvalue weighted by molar-refractivity contribution is 5.78. The normalized spacial score (nSPS) is 18.0. The van der Waals surface area contributed by atoms with Gasteiger partial charge >= 0.3 is 0 Å². The highest BCUT2D eigenvalue weighted by Crippen LogP contribution is 2.41. The first-order chi connectivity index (χ1) is 13.6. The van der Waals surface area contributed by atoms with Crippen LogP contribution in [-0.2, 0) is 5.54 Å². The van der Waals surface area contributed by atoms with E-state index in [-0.39, 0.29) is 11.3 Å². The van der Waals surface area contributed by atoms with Gasteiger partial charge in [0, 0.05) is 24.2 Å². The Morgan fingerprint density at radius 2 is 1.75 bits per heavy atom. The lowest BCUT2D eigenvalue weighted by molar-refractivity contribution is 0.147. The zero-order valence-corrected chi connectivity index (χ0v) is 15.1. The van der Waals surface area contributed by atoms with Gasteiger partial charge in [-0.25, -0.2) is 18.7 Å². The molecule has 1 unspecified atom stereocenters. The minimum atomic E-state index is -2.64. The van der Waals surface area contributed by atoms with E-state index in [4.69, 9.17) is 4.74 Å². The molecule has 0 bridgehead atoms. The van der Waals surface area contributed by atoms with Crippen molar-refractivity contribution in [1.29, 1.82) is 0 Å². The molecule has 0 spiro atoms. The van der Waals surface area contributed by atoms with Gasteiger partial charge in [0.25, 0.3) is 6.43 Å². The minimum Gasteiger partial charge on any atom is -0.496 e. The number of nitrogens with zero attached hydrogens (tertiary/aromatic N) is 3. The quantitative estimate of drug-likeness (QED) is 0.630. The summed E-state index contributed by atoms with van der Waals surface area (Å²) in [6.45, 7) is 0. The topological polar surface area (TPSA) is 47.4 Å². The molecule has 0 saturated carbocycles. The Labute approximate surface area is 161 Å². The monoisotopic (exact) mass is 377 g/mol. The Morgan fingerprint density at radius 3 is 2.43 bits per heavy atom. The molecule has 2 aromatic carbocycles. The molecule has 1 aliphatic heterocycles. The van der Waals surface area contributed by atoms with Gasteiger partial charge < -0.3 is 4.74 Å². The van der Waals surface area contributed by atoms with E-state index in [1.807, 2.05) is 36.4 Å². The number of benzene rings is 2. The van der Waals surface area contributed by atoms with Crippen molar-refractivity contribution in [3.05, 3.63) is 90.0 Å². The van der Waals surface area contributed by atoms with E-state index in [1.54, 1.807) is 30.7 Å². The van der Waals surface area contributed by atoms with Crippen LogP contribution in [0.25, 0.3) is 11.1 Å². The molecule has 140 valence electrons. The Bertz CT molecular complexity index is 1040. The molecule has 1 aliphatic rings. The number of halogens is 2. The number of methoxy groups -OCH3 is 1. The molecule has 0 N–H and O–H groups in total. The van der Waals surface area contributed by atoms with Gasteiger partial charge in [0.1, 0.15) is 17.6 Å². The fraction of sp³-hybridized carbons (Fsp3) is 0.136. The molecular formula is C22H17F2N3O. The van der Waals surface area contributed by atoms with Gasteiger partial charge in [-0.3, -0.25) is 4.99 Å². The van der Waals surface area contributed by atoms with E-state index in [0.717, 1.165) is 16.7 Å². The zero-order chi connectivity index (χ0) is 19.6. The largest absolute Gasteiger partial charge is 0.496 e. The lowest BCUT2D eigenvalue weighted by Crippen LogP contribution is -2.21. The van der Waals surface area contributed by atoms with Crippen LogP contribution in [0.2, 0.25) is 0 Å². The summed E-state index contributed by atoms with van der Waals surface area (Å²) in [7, 11) is 1.38. The van der Waals surface area contributed by atoms with Crippen LogP contribution in [0.4, 0.5) is 8.78 Å². The predicted octanol–water partition coefficient (Wildman–Crippen LogP) is 4.97. The van der Waals surface area contributed by atoms with Crippen molar-refractivity contribution in [2.75, 3.05) is 7.11 Å². The number of hydrogen-bond acceptors (Lipinski definition) is 4. The molecule has 4 nitrogen and oxygen atoms in total. The lowest BCUT2D eigenvalue weighted by atomic mass is 9.82. The molecule has 6 heteroatoms. The van der Waals surface area contributed by atoms with Crippen LogP contribution in [-0.4, -0.2) is 23.3 Å². The Kier molecular flexibility index (Phi) is 4.69. The number of ether oxygens (including phenoxy) is 1. The first kappa shape index (κ1) is 18.0. The van der Waals surface area contributed by atoms with Gasteiger partial charge in [-0.1, -0.05) is 24.3 Å². The Balaban J connectivity index is 1.86. The average Bonchev–Trinajstić information content (AvgIpc) is 3.25. The van der Waals surface area contributed by atoms with Crippen molar-refractivity contribution in [3.8, 4) is 16.9 Å². The molecule has 1 atom stereocenters. The van der Waals surface area contributed by atoms with E-state index in [2.05, 4.69) is 15.0 Å². The molecule has 0 saturated heterocycles. The van der Waals surface area contributed by atoms with E-state index < -0.39 is 12.0 Å². The standard InChI is InChI=1S/C22H17F2N3O/c1-28-20-7-6-18(11-19(20)21(23)24)22(8-3-9-27-22)17-5-2-4-15(10-17)16-12-25-14-26-13-16/h2-14,21H,1H3. The van der Waals surface area contributed by atoms with Crippen molar-refractivity contribution in [1.82, 2.24) is 9.97 Å². The summed E-state index contributed by atoms with van der Waals surface area (Å²) < 4.78 is 32.2. The van der Waals surface area contributed by atoms with Crippen LogP contribution < -0.4 is 4.74 Å². The van der Waals surface area contributed by atoms with Crippen LogP contribution in [0.1, 0.15) is 23.1 Å². The summed E-state index contributed by atoms with van der Waals surface area (Å²) >= 11 is 0. The first-order valence-corrected chi connectivity index (χ1v) is 8.69. The predicted molar refractivity (Wildman–Crippen MR) is 104 cm³/mol. The summed E-state index contributed by atoms with van der Waals surface area (Å²) in [4.78, 5) is 12.8. The van der Waals surface area contributed by atoms with Gasteiger partial charge in [-0.05, 0) is 47.0 Å². The number of aromatic nitrogens is 2. The van der Waals surface area contributed by atoms with Gasteiger partial charge in [0.05, 0.1) is 12.7 Å². The molecular weight excluding hydrogens is 360 g/mol. The molecule has 0 fully saturated rings. The Morgan fingerprint density at radius 1 is 0.964 bits per heavy atom. The highest BCUT2D eigenvalue weighted by Gasteiger charge is 2.34. The molecule has 2 heterocycles. The van der Waals surface area contributed by atoms with Crippen LogP contribution in [0.3, 0.4) is 0 Å². The molecule has 3 aromatic rings. The number of hydrogen-bond donors (Lipinski definition) is 0. The summed E-state index contributed by atoms with van der Waals surface area (Å²) in [5, 5.41) is 0. The maximum absolute atomic E-state index is 13.5. The third-order valence-corrected chi connectivity index (χ3v) is 4.80. The van der Waals surface area contributed by atoms with Crippen molar-refractivity contribution < 1.29 is 13.5 Å². The number of allylic oxidation sites excluding steroid dienone is 1. The second kappa shape index (κ2) is 7.31. The van der Waals surface area contributed by atoms with E-state index in [1.165, 1.54) is 19.5 Å². The minimum absolute atomic E-state index is 0.150. The van der Waals surface area contributed by atoms with E-state index in [0.29, 0.717) is 5.56 Å². The third-order valence-electron chi connectivity index (χ3n) is 4.80. The van der Waals surface area contributed by atoms with E-state index >= 15 is 0 Å². The fourth-order valence-electron chi connectivity index (χ4n) is 3.42. The molecule has 0 amide bonds. The Hall–Kier alpha value is -3.41. The fourth-order valence-corrected chi connectivity index (χ4v) is 3.42. The molecule has 28 heavy (non-hydrogen) atoms. The van der Waals surface area contributed by atoms with Crippen LogP contribution in [0.15, 0.2) is 78.3 Å². The van der Waals surface area contributed by atoms with Crippen LogP contribution >= 0.6 is 0 Å². The SMILES string of the molecule is COc1ccc(C2(c3cccc(-c4cncnc4)c3)C=CC=N2)cc1C(F)F. The zero-order valence-electron chi connectivity index (χ0n) is 15.1. The van der Waals surface area contributed by atoms with Crippen molar-refractivity contribution in [3.63, 3.8) is 0 Å². The van der Waals surface area contributed by atoms with Gasteiger partial charge in [-0.2, -0.15) is 0 Å². The van der Waals surface area contributed by atoms with E-state index in [9.17, 15) is 8.78 Å². The maximum atomic E-state index is 13.5. The summed E-state index contributed by atoms with van der Waals surface area (Å²) in [5.74, 6) is 0.162. The molecule has 4 rings (SSSR count). The van der Waals surface area contributed by atoms with Crippen LogP contribution in [0, 0.1) is 0 Å². The summed E-state index contributed by atoms with van der Waals surface area (Å²) in [6, 6.07) is 12.6. The average molecular weight is 377 g/mol. The van der Waals surface area contributed by atoms with Crippen molar-refractivity contribution >= 4 is 6.21 Å². The smallest absolute Gasteiger partial charge is 0.267 e. The molecule has 1 aromatic heterocycles. The lowest BCUT2D eigenvalue weighted by Gasteiger charge is -2.27. The molecule has 0 aliphatic carbocycles. The van der Waals surface area contributed by atoms with Gasteiger partial charge in [0.15, 0.2) is 0 Å². The number of alkyl halides is 2. The van der Waals surface area contributed by atoms with Gasteiger partial charge in [-0.15, -0.1) is 0 Å².